The zero-order chi connectivity index (χ0) is 9.97. The van der Waals surface area contributed by atoms with Crippen LogP contribution in [0.15, 0.2) is 36.9 Å². The largest absolute Gasteiger partial charge is 0.545 e. The summed E-state index contributed by atoms with van der Waals surface area (Å²) in [5.41, 5.74) is 0.827. The molecule has 0 N–H and O–H groups in total. The van der Waals surface area contributed by atoms with Gasteiger partial charge in [-0.05, 0) is 17.7 Å². The first-order chi connectivity index (χ1) is 6.77. The van der Waals surface area contributed by atoms with E-state index in [-0.39, 0.29) is 5.56 Å². The molecule has 0 amide bonds. The molecule has 0 bridgehead atoms. The van der Waals surface area contributed by atoms with Crippen molar-refractivity contribution in [2.45, 2.75) is 0 Å². The Morgan fingerprint density at radius 3 is 2.64 bits per heavy atom. The lowest BCUT2D eigenvalue weighted by Gasteiger charge is -2.05. The molecule has 0 spiro atoms. The van der Waals surface area contributed by atoms with Crippen molar-refractivity contribution in [3.63, 3.8) is 0 Å². The van der Waals surface area contributed by atoms with Gasteiger partial charge in [-0.3, -0.25) is 4.57 Å². The standard InChI is InChI=1S/C9H7N3O2/c13-9(14)7-2-1-3-8(4-7)12-5-10-11-6-12/h1-6H,(H,13,14)/p-1. The number of hydrogen-bond donors (Lipinski definition) is 0. The van der Waals surface area contributed by atoms with Gasteiger partial charge in [0.05, 0.1) is 5.97 Å². The number of aromatic carboxylic acids is 1. The fourth-order valence-corrected chi connectivity index (χ4v) is 1.13. The van der Waals surface area contributed by atoms with Gasteiger partial charge in [0.25, 0.3) is 0 Å². The molecular formula is C9H6N3O2-. The second-order valence-corrected chi connectivity index (χ2v) is 2.71. The molecule has 0 aliphatic heterocycles. The maximum absolute atomic E-state index is 10.6. The minimum absolute atomic E-state index is 0.135. The molecule has 14 heavy (non-hydrogen) atoms. The van der Waals surface area contributed by atoms with Gasteiger partial charge in [0.2, 0.25) is 0 Å². The average Bonchev–Trinajstić information content (AvgIpc) is 2.71. The molecule has 2 aromatic rings. The molecule has 0 aliphatic rings. The second kappa shape index (κ2) is 3.29. The van der Waals surface area contributed by atoms with Gasteiger partial charge in [-0.25, -0.2) is 0 Å². The fraction of sp³-hybridized carbons (Fsp3) is 0. The van der Waals surface area contributed by atoms with Gasteiger partial charge in [0.15, 0.2) is 0 Å². The van der Waals surface area contributed by atoms with Gasteiger partial charge in [0, 0.05) is 5.69 Å². The van der Waals surface area contributed by atoms with Crippen molar-refractivity contribution in [1.29, 1.82) is 0 Å². The van der Waals surface area contributed by atoms with Crippen LogP contribution in [0.5, 0.6) is 0 Å². The normalized spacial score (nSPS) is 10.0. The highest BCUT2D eigenvalue weighted by Crippen LogP contribution is 2.08. The highest BCUT2D eigenvalue weighted by molar-refractivity contribution is 5.86. The highest BCUT2D eigenvalue weighted by Gasteiger charge is 1.98. The topological polar surface area (TPSA) is 70.8 Å². The van der Waals surface area contributed by atoms with E-state index >= 15 is 0 Å². The van der Waals surface area contributed by atoms with Gasteiger partial charge in [-0.1, -0.05) is 12.1 Å². The molecule has 0 fully saturated rings. The summed E-state index contributed by atoms with van der Waals surface area (Å²) < 4.78 is 1.62. The van der Waals surface area contributed by atoms with E-state index in [1.807, 2.05) is 0 Å². The van der Waals surface area contributed by atoms with Crippen LogP contribution in [0.4, 0.5) is 0 Å². The van der Waals surface area contributed by atoms with E-state index in [0.717, 1.165) is 0 Å². The number of benzene rings is 1. The Morgan fingerprint density at radius 2 is 2.00 bits per heavy atom. The molecule has 1 aromatic carbocycles. The van der Waals surface area contributed by atoms with Crippen LogP contribution in [0, 0.1) is 0 Å². The first kappa shape index (κ1) is 8.43. The number of rotatable bonds is 2. The van der Waals surface area contributed by atoms with Gasteiger partial charge in [-0.2, -0.15) is 0 Å². The van der Waals surface area contributed by atoms with Crippen molar-refractivity contribution >= 4 is 5.97 Å². The molecule has 1 heterocycles. The highest BCUT2D eigenvalue weighted by atomic mass is 16.4. The Balaban J connectivity index is 2.46. The van der Waals surface area contributed by atoms with Crippen molar-refractivity contribution in [1.82, 2.24) is 14.8 Å². The lowest BCUT2D eigenvalue weighted by atomic mass is 10.2. The molecular weight excluding hydrogens is 182 g/mol. The monoisotopic (exact) mass is 188 g/mol. The molecule has 0 atom stereocenters. The van der Waals surface area contributed by atoms with Crippen LogP contribution in [-0.2, 0) is 0 Å². The zero-order valence-electron chi connectivity index (χ0n) is 7.12. The number of carbonyl (C=O) groups excluding carboxylic acids is 1. The van der Waals surface area contributed by atoms with Crippen LogP contribution in [0.25, 0.3) is 5.69 Å². The molecule has 0 unspecified atom stereocenters. The summed E-state index contributed by atoms with van der Waals surface area (Å²) in [6.45, 7) is 0. The summed E-state index contributed by atoms with van der Waals surface area (Å²) in [4.78, 5) is 10.6. The van der Waals surface area contributed by atoms with Crippen LogP contribution in [0.1, 0.15) is 10.4 Å². The maximum atomic E-state index is 10.6. The van der Waals surface area contributed by atoms with Gasteiger partial charge in [-0.15, -0.1) is 10.2 Å². The van der Waals surface area contributed by atoms with Crippen LogP contribution >= 0.6 is 0 Å². The van der Waals surface area contributed by atoms with Crippen LogP contribution in [-0.4, -0.2) is 20.7 Å². The van der Waals surface area contributed by atoms with Gasteiger partial charge >= 0.3 is 0 Å². The summed E-state index contributed by atoms with van der Waals surface area (Å²) >= 11 is 0. The summed E-state index contributed by atoms with van der Waals surface area (Å²) in [6, 6.07) is 6.37. The summed E-state index contributed by atoms with van der Waals surface area (Å²) in [7, 11) is 0. The fourth-order valence-electron chi connectivity index (χ4n) is 1.13. The zero-order valence-corrected chi connectivity index (χ0v) is 7.12. The summed E-state index contributed by atoms with van der Waals surface area (Å²) in [5.74, 6) is -1.19. The number of hydrogen-bond acceptors (Lipinski definition) is 4. The molecule has 0 radical (unpaired) electrons. The Labute approximate surface area is 79.6 Å². The lowest BCUT2D eigenvalue weighted by Crippen LogP contribution is -2.22. The van der Waals surface area contributed by atoms with E-state index in [1.165, 1.54) is 24.8 Å². The summed E-state index contributed by atoms with van der Waals surface area (Å²) in [6.07, 6.45) is 2.99. The van der Waals surface area contributed by atoms with Crippen LogP contribution < -0.4 is 5.11 Å². The van der Waals surface area contributed by atoms with Crippen molar-refractivity contribution < 1.29 is 9.90 Å². The second-order valence-electron chi connectivity index (χ2n) is 2.71. The summed E-state index contributed by atoms with van der Waals surface area (Å²) in [5, 5.41) is 17.8. The SMILES string of the molecule is O=C([O-])c1cccc(-n2cnnc2)c1. The van der Waals surface area contributed by atoms with Gasteiger partial charge < -0.3 is 9.90 Å². The van der Waals surface area contributed by atoms with E-state index in [4.69, 9.17) is 0 Å². The predicted octanol–water partition coefficient (Wildman–Crippen LogP) is -0.369. The third-order valence-corrected chi connectivity index (χ3v) is 1.80. The molecule has 5 heteroatoms. The third-order valence-electron chi connectivity index (χ3n) is 1.80. The predicted molar refractivity (Wildman–Crippen MR) is 45.7 cm³/mol. The molecule has 0 saturated carbocycles. The Hall–Kier alpha value is -2.17. The van der Waals surface area contributed by atoms with E-state index in [2.05, 4.69) is 10.2 Å². The molecule has 1 aromatic heterocycles. The number of nitrogens with zero attached hydrogens (tertiary/aromatic N) is 3. The quantitative estimate of drug-likeness (QED) is 0.644. The molecule has 70 valence electrons. The van der Waals surface area contributed by atoms with Crippen LogP contribution in [0.3, 0.4) is 0 Å². The van der Waals surface area contributed by atoms with E-state index in [1.54, 1.807) is 16.7 Å². The molecule has 0 aliphatic carbocycles. The van der Waals surface area contributed by atoms with Crippen molar-refractivity contribution in [2.75, 3.05) is 0 Å². The van der Waals surface area contributed by atoms with E-state index in [0.29, 0.717) is 5.69 Å². The average molecular weight is 188 g/mol. The van der Waals surface area contributed by atoms with E-state index < -0.39 is 5.97 Å². The number of aromatic nitrogens is 3. The van der Waals surface area contributed by atoms with Crippen molar-refractivity contribution in [3.8, 4) is 5.69 Å². The number of carboxylic acids is 1. The lowest BCUT2D eigenvalue weighted by molar-refractivity contribution is -0.255. The maximum Gasteiger partial charge on any atom is 0.123 e. The molecule has 0 saturated heterocycles. The molecule has 5 nitrogen and oxygen atoms in total. The third kappa shape index (κ3) is 1.47. The van der Waals surface area contributed by atoms with Crippen LogP contribution in [0.2, 0.25) is 0 Å². The van der Waals surface area contributed by atoms with Gasteiger partial charge in [0.1, 0.15) is 12.7 Å². The molecule has 2 rings (SSSR count). The minimum atomic E-state index is -1.19. The smallest absolute Gasteiger partial charge is 0.123 e. The van der Waals surface area contributed by atoms with E-state index in [9.17, 15) is 9.90 Å². The Kier molecular flexibility index (Phi) is 1.98. The Bertz CT molecular complexity index is 451. The first-order valence-corrected chi connectivity index (χ1v) is 3.94. The Morgan fingerprint density at radius 1 is 1.29 bits per heavy atom. The van der Waals surface area contributed by atoms with Crippen molar-refractivity contribution in [3.05, 3.63) is 42.5 Å². The number of carboxylic acid groups (broad SMARTS) is 1. The first-order valence-electron chi connectivity index (χ1n) is 3.94. The number of carbonyl (C=O) groups is 1. The minimum Gasteiger partial charge on any atom is -0.545 e. The van der Waals surface area contributed by atoms with Crippen molar-refractivity contribution in [2.24, 2.45) is 0 Å².